The molecule has 3 heteroatoms. The molecule has 0 aliphatic carbocycles. The maximum absolute atomic E-state index is 10.9. The molecule has 1 aromatic rings. The standard InChI is InChI=1S/C13H16N2O/c1-4-5-8-14-11(3)12-7-6-10(2)15-13(12)9-16/h6-9H,3-5H2,1-2H3/b14-8-. The van der Waals surface area contributed by atoms with Gasteiger partial charge in [0.1, 0.15) is 5.69 Å². The van der Waals surface area contributed by atoms with Crippen molar-refractivity contribution in [2.24, 2.45) is 4.99 Å². The largest absolute Gasteiger partial charge is 0.296 e. The van der Waals surface area contributed by atoms with Crippen molar-refractivity contribution in [3.05, 3.63) is 35.7 Å². The molecule has 0 saturated heterocycles. The predicted molar refractivity (Wildman–Crippen MR) is 66.8 cm³/mol. The summed E-state index contributed by atoms with van der Waals surface area (Å²) in [6, 6.07) is 3.68. The Morgan fingerprint density at radius 2 is 2.31 bits per heavy atom. The van der Waals surface area contributed by atoms with Gasteiger partial charge in [-0.1, -0.05) is 19.9 Å². The molecule has 1 aromatic heterocycles. The average molecular weight is 216 g/mol. The molecule has 1 rings (SSSR count). The second-order valence-corrected chi connectivity index (χ2v) is 3.55. The van der Waals surface area contributed by atoms with E-state index in [2.05, 4.69) is 23.5 Å². The quantitative estimate of drug-likeness (QED) is 0.560. The molecule has 0 unspecified atom stereocenters. The van der Waals surface area contributed by atoms with Gasteiger partial charge in [-0.3, -0.25) is 9.79 Å². The van der Waals surface area contributed by atoms with Crippen LogP contribution in [0.15, 0.2) is 23.7 Å². The number of nitrogens with zero attached hydrogens (tertiary/aromatic N) is 2. The van der Waals surface area contributed by atoms with Crippen molar-refractivity contribution in [2.75, 3.05) is 0 Å². The van der Waals surface area contributed by atoms with Gasteiger partial charge >= 0.3 is 0 Å². The summed E-state index contributed by atoms with van der Waals surface area (Å²) in [6.45, 7) is 7.77. The molecule has 0 saturated carbocycles. The first-order valence-electron chi connectivity index (χ1n) is 5.33. The summed E-state index contributed by atoms with van der Waals surface area (Å²) in [5.41, 5.74) is 2.51. The van der Waals surface area contributed by atoms with Crippen LogP contribution in [-0.4, -0.2) is 17.5 Å². The zero-order chi connectivity index (χ0) is 12.0. The normalized spacial score (nSPS) is 10.6. The molecule has 0 aliphatic rings. The highest BCUT2D eigenvalue weighted by Crippen LogP contribution is 2.16. The third kappa shape index (κ3) is 3.12. The summed E-state index contributed by atoms with van der Waals surface area (Å²) in [5, 5.41) is 0. The Kier molecular flexibility index (Phi) is 4.58. The number of pyridine rings is 1. The fraction of sp³-hybridized carbons (Fsp3) is 0.308. The minimum Gasteiger partial charge on any atom is -0.296 e. The molecule has 84 valence electrons. The number of unbranched alkanes of at least 4 members (excludes halogenated alkanes) is 1. The van der Waals surface area contributed by atoms with E-state index in [0.717, 1.165) is 24.8 Å². The number of aliphatic imine (C=N–C) groups is 1. The Morgan fingerprint density at radius 3 is 2.94 bits per heavy atom. The molecule has 0 amide bonds. The van der Waals surface area contributed by atoms with Crippen LogP contribution in [-0.2, 0) is 0 Å². The van der Waals surface area contributed by atoms with Crippen molar-refractivity contribution >= 4 is 18.2 Å². The van der Waals surface area contributed by atoms with Gasteiger partial charge in [-0.25, -0.2) is 4.98 Å². The Labute approximate surface area is 95.9 Å². The second kappa shape index (κ2) is 5.95. The van der Waals surface area contributed by atoms with Gasteiger partial charge in [0.15, 0.2) is 6.29 Å². The number of aromatic nitrogens is 1. The summed E-state index contributed by atoms with van der Waals surface area (Å²) in [7, 11) is 0. The van der Waals surface area contributed by atoms with Gasteiger partial charge in [0, 0.05) is 17.5 Å². The monoisotopic (exact) mass is 216 g/mol. The Balaban J connectivity index is 2.95. The van der Waals surface area contributed by atoms with E-state index in [1.54, 1.807) is 0 Å². The predicted octanol–water partition coefficient (Wildman–Crippen LogP) is 3.04. The van der Waals surface area contributed by atoms with Gasteiger partial charge < -0.3 is 0 Å². The smallest absolute Gasteiger partial charge is 0.169 e. The lowest BCUT2D eigenvalue weighted by Crippen LogP contribution is -1.96. The van der Waals surface area contributed by atoms with Crippen molar-refractivity contribution in [3.63, 3.8) is 0 Å². The van der Waals surface area contributed by atoms with Crippen LogP contribution in [0.25, 0.3) is 5.70 Å². The number of carbonyl (C=O) groups is 1. The average Bonchev–Trinajstić information content (AvgIpc) is 2.29. The van der Waals surface area contributed by atoms with Crippen LogP contribution in [0.5, 0.6) is 0 Å². The number of aldehydes is 1. The van der Waals surface area contributed by atoms with Crippen molar-refractivity contribution < 1.29 is 4.79 Å². The molecule has 16 heavy (non-hydrogen) atoms. The number of hydrogen-bond acceptors (Lipinski definition) is 3. The van der Waals surface area contributed by atoms with E-state index in [1.807, 2.05) is 25.3 Å². The molecule has 1 heterocycles. The van der Waals surface area contributed by atoms with E-state index < -0.39 is 0 Å². The first-order valence-corrected chi connectivity index (χ1v) is 5.33. The highest BCUT2D eigenvalue weighted by Gasteiger charge is 2.05. The summed E-state index contributed by atoms with van der Waals surface area (Å²) >= 11 is 0. The molecular formula is C13H16N2O. The second-order valence-electron chi connectivity index (χ2n) is 3.55. The third-order valence-electron chi connectivity index (χ3n) is 2.15. The molecule has 0 N–H and O–H groups in total. The van der Waals surface area contributed by atoms with Crippen LogP contribution in [0, 0.1) is 6.92 Å². The first kappa shape index (κ1) is 12.3. The summed E-state index contributed by atoms with van der Waals surface area (Å²) in [6.07, 6.45) is 4.51. The third-order valence-corrected chi connectivity index (χ3v) is 2.15. The Bertz CT molecular complexity index is 422. The first-order chi connectivity index (χ1) is 7.69. The van der Waals surface area contributed by atoms with Crippen LogP contribution < -0.4 is 0 Å². The van der Waals surface area contributed by atoms with E-state index in [9.17, 15) is 4.79 Å². The number of hydrogen-bond donors (Lipinski definition) is 0. The van der Waals surface area contributed by atoms with Gasteiger partial charge in [-0.05, 0) is 25.5 Å². The maximum Gasteiger partial charge on any atom is 0.169 e. The lowest BCUT2D eigenvalue weighted by Gasteiger charge is -2.03. The van der Waals surface area contributed by atoms with E-state index in [-0.39, 0.29) is 0 Å². The molecule has 0 bridgehead atoms. The molecular weight excluding hydrogens is 200 g/mol. The minimum atomic E-state index is 0.402. The maximum atomic E-state index is 10.9. The zero-order valence-electron chi connectivity index (χ0n) is 9.73. The molecule has 0 spiro atoms. The Hall–Kier alpha value is -1.77. The number of carbonyl (C=O) groups excluding carboxylic acids is 1. The lowest BCUT2D eigenvalue weighted by atomic mass is 10.1. The van der Waals surface area contributed by atoms with Crippen molar-refractivity contribution in [1.82, 2.24) is 4.98 Å². The van der Waals surface area contributed by atoms with Gasteiger partial charge in [-0.15, -0.1) is 0 Å². The van der Waals surface area contributed by atoms with Crippen LogP contribution >= 0.6 is 0 Å². The summed E-state index contributed by atoms with van der Waals surface area (Å²) in [4.78, 5) is 19.2. The van der Waals surface area contributed by atoms with Gasteiger partial charge in [-0.2, -0.15) is 0 Å². The lowest BCUT2D eigenvalue weighted by molar-refractivity contribution is 0.111. The highest BCUT2D eigenvalue weighted by atomic mass is 16.1. The van der Waals surface area contributed by atoms with Gasteiger partial charge in [0.05, 0.1) is 5.70 Å². The summed E-state index contributed by atoms with van der Waals surface area (Å²) < 4.78 is 0. The molecule has 3 nitrogen and oxygen atoms in total. The molecule has 0 radical (unpaired) electrons. The zero-order valence-corrected chi connectivity index (χ0v) is 9.73. The van der Waals surface area contributed by atoms with Crippen LogP contribution in [0.2, 0.25) is 0 Å². The van der Waals surface area contributed by atoms with Gasteiger partial charge in [0.2, 0.25) is 0 Å². The fourth-order valence-electron chi connectivity index (χ4n) is 1.28. The fourth-order valence-corrected chi connectivity index (χ4v) is 1.28. The molecule has 0 fully saturated rings. The minimum absolute atomic E-state index is 0.402. The molecule has 0 aliphatic heterocycles. The van der Waals surface area contributed by atoms with Gasteiger partial charge in [0.25, 0.3) is 0 Å². The highest BCUT2D eigenvalue weighted by molar-refractivity contribution is 5.84. The molecule has 0 atom stereocenters. The summed E-state index contributed by atoms with van der Waals surface area (Å²) in [5.74, 6) is 0. The SMILES string of the molecule is C=C(/N=C\CCC)c1ccc(C)nc1C=O. The van der Waals surface area contributed by atoms with E-state index >= 15 is 0 Å². The van der Waals surface area contributed by atoms with Crippen molar-refractivity contribution in [3.8, 4) is 0 Å². The van der Waals surface area contributed by atoms with Crippen LogP contribution in [0.4, 0.5) is 0 Å². The topological polar surface area (TPSA) is 42.3 Å². The Morgan fingerprint density at radius 1 is 1.56 bits per heavy atom. The van der Waals surface area contributed by atoms with Crippen LogP contribution in [0.1, 0.15) is 41.5 Å². The van der Waals surface area contributed by atoms with E-state index in [0.29, 0.717) is 17.0 Å². The van der Waals surface area contributed by atoms with Crippen molar-refractivity contribution in [1.29, 1.82) is 0 Å². The van der Waals surface area contributed by atoms with Crippen LogP contribution in [0.3, 0.4) is 0 Å². The van der Waals surface area contributed by atoms with Crippen molar-refractivity contribution in [2.45, 2.75) is 26.7 Å². The number of aryl methyl sites for hydroxylation is 1. The number of rotatable bonds is 5. The molecule has 0 aromatic carbocycles. The van der Waals surface area contributed by atoms with E-state index in [4.69, 9.17) is 0 Å². The van der Waals surface area contributed by atoms with E-state index in [1.165, 1.54) is 0 Å².